The Morgan fingerprint density at radius 2 is 1.79 bits per heavy atom. The molecule has 7 nitrogen and oxygen atoms in total. The number of hydrogen-bond acceptors (Lipinski definition) is 6. The Morgan fingerprint density at radius 1 is 1.12 bits per heavy atom. The molecule has 0 saturated carbocycles. The maximum Gasteiger partial charge on any atom is 0.272 e. The summed E-state index contributed by atoms with van der Waals surface area (Å²) >= 11 is 0. The molecule has 1 N–H and O–H groups in total. The summed E-state index contributed by atoms with van der Waals surface area (Å²) in [6.45, 7) is 1.85. The predicted molar refractivity (Wildman–Crippen MR) is 90.1 cm³/mol. The number of amides is 1. The van der Waals surface area contributed by atoms with E-state index in [0.29, 0.717) is 28.4 Å². The van der Waals surface area contributed by atoms with Gasteiger partial charge in [-0.25, -0.2) is 5.43 Å². The van der Waals surface area contributed by atoms with E-state index in [4.69, 9.17) is 14.2 Å². The molecule has 0 bridgehead atoms. The van der Waals surface area contributed by atoms with Crippen LogP contribution in [0.2, 0.25) is 0 Å². The summed E-state index contributed by atoms with van der Waals surface area (Å²) in [5.74, 6) is 1.16. The Kier molecular flexibility index (Phi) is 5.73. The number of hydrogen-bond donors (Lipinski definition) is 1. The number of pyridine rings is 1. The van der Waals surface area contributed by atoms with Crippen molar-refractivity contribution in [1.29, 1.82) is 0 Å². The second-order valence-corrected chi connectivity index (χ2v) is 4.85. The molecule has 126 valence electrons. The van der Waals surface area contributed by atoms with E-state index in [1.807, 2.05) is 6.92 Å². The summed E-state index contributed by atoms with van der Waals surface area (Å²) in [5, 5.41) is 3.94. The summed E-state index contributed by atoms with van der Waals surface area (Å²) in [7, 11) is 4.60. The number of hydrazone groups is 1. The van der Waals surface area contributed by atoms with E-state index in [9.17, 15) is 4.79 Å². The van der Waals surface area contributed by atoms with Crippen LogP contribution in [0.15, 0.2) is 35.6 Å². The normalized spacial score (nSPS) is 10.5. The molecule has 1 amide bonds. The molecule has 0 saturated heterocycles. The van der Waals surface area contributed by atoms with Crippen molar-refractivity contribution in [3.05, 3.63) is 47.3 Å². The molecule has 0 aliphatic carbocycles. The third-order valence-electron chi connectivity index (χ3n) is 3.24. The first kappa shape index (κ1) is 17.3. The van der Waals surface area contributed by atoms with Gasteiger partial charge in [-0.15, -0.1) is 0 Å². The zero-order valence-corrected chi connectivity index (χ0v) is 14.0. The Morgan fingerprint density at radius 3 is 2.29 bits per heavy atom. The number of carbonyl (C=O) groups is 1. The van der Waals surface area contributed by atoms with Gasteiger partial charge in [-0.3, -0.25) is 9.78 Å². The van der Waals surface area contributed by atoms with E-state index < -0.39 is 0 Å². The first-order valence-electron chi connectivity index (χ1n) is 7.15. The number of ether oxygens (including phenoxy) is 3. The molecule has 1 aromatic heterocycles. The lowest BCUT2D eigenvalue weighted by Gasteiger charge is -2.12. The van der Waals surface area contributed by atoms with Crippen molar-refractivity contribution < 1.29 is 19.0 Å². The smallest absolute Gasteiger partial charge is 0.272 e. The van der Waals surface area contributed by atoms with Crippen molar-refractivity contribution in [2.24, 2.45) is 5.10 Å². The molecule has 0 aliphatic rings. The van der Waals surface area contributed by atoms with Crippen LogP contribution >= 0.6 is 0 Å². The van der Waals surface area contributed by atoms with Gasteiger partial charge in [0.05, 0.1) is 33.1 Å². The maximum absolute atomic E-state index is 12.0. The summed E-state index contributed by atoms with van der Waals surface area (Å²) in [6.07, 6.45) is 2.99. The van der Waals surface area contributed by atoms with Crippen LogP contribution in [-0.2, 0) is 0 Å². The monoisotopic (exact) mass is 329 g/mol. The highest BCUT2D eigenvalue weighted by molar-refractivity contribution is 5.94. The molecule has 0 radical (unpaired) electrons. The van der Waals surface area contributed by atoms with Gasteiger partial charge in [-0.2, -0.15) is 5.10 Å². The van der Waals surface area contributed by atoms with E-state index in [0.717, 1.165) is 5.69 Å². The number of aromatic nitrogens is 1. The van der Waals surface area contributed by atoms with Gasteiger partial charge >= 0.3 is 0 Å². The molecular formula is C17H19N3O4. The van der Waals surface area contributed by atoms with Crippen molar-refractivity contribution >= 4 is 12.1 Å². The first-order valence-corrected chi connectivity index (χ1v) is 7.15. The molecule has 0 fully saturated rings. The van der Waals surface area contributed by atoms with Crippen LogP contribution in [-0.4, -0.2) is 38.4 Å². The van der Waals surface area contributed by atoms with Crippen LogP contribution in [0.3, 0.4) is 0 Å². The standard InChI is InChI=1S/C17H19N3O4/c1-11-5-6-13(10-18-11)17(21)20-19-9-12-7-14(22-2)16(24-4)15(8-12)23-3/h5-10H,1-4H3,(H,20,21)/b19-9-. The number of nitrogens with zero attached hydrogens (tertiary/aromatic N) is 2. The molecular weight excluding hydrogens is 310 g/mol. The van der Waals surface area contributed by atoms with E-state index in [1.54, 1.807) is 24.3 Å². The fourth-order valence-corrected chi connectivity index (χ4v) is 2.01. The molecule has 24 heavy (non-hydrogen) atoms. The Balaban J connectivity index is 2.14. The van der Waals surface area contributed by atoms with Crippen LogP contribution in [0, 0.1) is 6.92 Å². The molecule has 0 unspecified atom stereocenters. The minimum absolute atomic E-state index is 0.341. The summed E-state index contributed by atoms with van der Waals surface area (Å²) < 4.78 is 15.8. The molecule has 0 atom stereocenters. The summed E-state index contributed by atoms with van der Waals surface area (Å²) in [6, 6.07) is 6.90. The van der Waals surface area contributed by atoms with Crippen LogP contribution < -0.4 is 19.6 Å². The lowest BCUT2D eigenvalue weighted by Crippen LogP contribution is -2.17. The first-order chi connectivity index (χ1) is 11.6. The lowest BCUT2D eigenvalue weighted by atomic mass is 10.2. The SMILES string of the molecule is COc1cc(/C=N\NC(=O)c2ccc(C)nc2)cc(OC)c1OC. The van der Waals surface area contributed by atoms with E-state index in [1.165, 1.54) is 33.7 Å². The summed E-state index contributed by atoms with van der Waals surface area (Å²) in [5.41, 5.74) is 4.41. The summed E-state index contributed by atoms with van der Waals surface area (Å²) in [4.78, 5) is 16.0. The van der Waals surface area contributed by atoms with Gasteiger partial charge in [-0.05, 0) is 31.2 Å². The number of benzene rings is 1. The third-order valence-corrected chi connectivity index (χ3v) is 3.24. The highest BCUT2D eigenvalue weighted by atomic mass is 16.5. The Hall–Kier alpha value is -3.09. The Labute approximate surface area is 140 Å². The number of aryl methyl sites for hydroxylation is 1. The third kappa shape index (κ3) is 4.01. The molecule has 1 heterocycles. The molecule has 2 rings (SSSR count). The zero-order chi connectivity index (χ0) is 17.5. The van der Waals surface area contributed by atoms with Crippen molar-refractivity contribution in [1.82, 2.24) is 10.4 Å². The minimum Gasteiger partial charge on any atom is -0.493 e. The van der Waals surface area contributed by atoms with Gasteiger partial charge in [0.15, 0.2) is 11.5 Å². The highest BCUT2D eigenvalue weighted by Gasteiger charge is 2.12. The second kappa shape index (κ2) is 7.96. The molecule has 7 heteroatoms. The van der Waals surface area contributed by atoms with Gasteiger partial charge < -0.3 is 14.2 Å². The van der Waals surface area contributed by atoms with E-state index in [-0.39, 0.29) is 5.91 Å². The van der Waals surface area contributed by atoms with Gasteiger partial charge in [0.2, 0.25) is 5.75 Å². The molecule has 0 aliphatic heterocycles. The molecule has 1 aromatic carbocycles. The van der Waals surface area contributed by atoms with E-state index in [2.05, 4.69) is 15.5 Å². The highest BCUT2D eigenvalue weighted by Crippen LogP contribution is 2.37. The fraction of sp³-hybridized carbons (Fsp3) is 0.235. The quantitative estimate of drug-likeness (QED) is 0.649. The van der Waals surface area contributed by atoms with Crippen LogP contribution in [0.5, 0.6) is 17.2 Å². The number of nitrogens with one attached hydrogen (secondary N) is 1. The fourth-order valence-electron chi connectivity index (χ4n) is 2.01. The van der Waals surface area contributed by atoms with Crippen molar-refractivity contribution in [2.45, 2.75) is 6.92 Å². The lowest BCUT2D eigenvalue weighted by molar-refractivity contribution is 0.0955. The van der Waals surface area contributed by atoms with Crippen molar-refractivity contribution in [3.63, 3.8) is 0 Å². The number of carbonyl (C=O) groups excluding carboxylic acids is 1. The van der Waals surface area contributed by atoms with Gasteiger partial charge in [0.25, 0.3) is 5.91 Å². The number of rotatable bonds is 6. The van der Waals surface area contributed by atoms with Crippen LogP contribution in [0.4, 0.5) is 0 Å². The number of methoxy groups -OCH3 is 3. The van der Waals surface area contributed by atoms with Gasteiger partial charge in [-0.1, -0.05) is 0 Å². The average Bonchev–Trinajstić information content (AvgIpc) is 2.61. The van der Waals surface area contributed by atoms with Gasteiger partial charge in [0.1, 0.15) is 0 Å². The minimum atomic E-state index is -0.341. The average molecular weight is 329 g/mol. The van der Waals surface area contributed by atoms with Crippen molar-refractivity contribution in [2.75, 3.05) is 21.3 Å². The predicted octanol–water partition coefficient (Wildman–Crippen LogP) is 2.18. The van der Waals surface area contributed by atoms with Crippen LogP contribution in [0.1, 0.15) is 21.6 Å². The van der Waals surface area contributed by atoms with Crippen molar-refractivity contribution in [3.8, 4) is 17.2 Å². The largest absolute Gasteiger partial charge is 0.493 e. The second-order valence-electron chi connectivity index (χ2n) is 4.85. The molecule has 0 spiro atoms. The Bertz CT molecular complexity index is 717. The topological polar surface area (TPSA) is 82.0 Å². The molecule has 2 aromatic rings. The van der Waals surface area contributed by atoms with E-state index >= 15 is 0 Å². The zero-order valence-electron chi connectivity index (χ0n) is 14.0. The van der Waals surface area contributed by atoms with Gasteiger partial charge in [0, 0.05) is 17.5 Å². The maximum atomic E-state index is 12.0. The van der Waals surface area contributed by atoms with Crippen LogP contribution in [0.25, 0.3) is 0 Å².